The number of carboxylic acids is 2. The van der Waals surface area contributed by atoms with Crippen molar-refractivity contribution >= 4 is 23.5 Å². The minimum absolute atomic E-state index is 0.272. The third-order valence-corrected chi connectivity index (χ3v) is 3.63. The zero-order valence-corrected chi connectivity index (χ0v) is 14.8. The van der Waals surface area contributed by atoms with Crippen molar-refractivity contribution < 1.29 is 29.3 Å². The van der Waals surface area contributed by atoms with Crippen LogP contribution in [-0.2, 0) is 19.1 Å². The van der Waals surface area contributed by atoms with Gasteiger partial charge in [-0.1, -0.05) is 23.7 Å². The number of hydrogen-bond donors (Lipinski definition) is 2. The van der Waals surface area contributed by atoms with Crippen LogP contribution in [-0.4, -0.2) is 61.2 Å². The van der Waals surface area contributed by atoms with E-state index in [0.29, 0.717) is 24.9 Å². The van der Waals surface area contributed by atoms with E-state index >= 15 is 0 Å². The predicted molar refractivity (Wildman–Crippen MR) is 92.6 cm³/mol. The van der Waals surface area contributed by atoms with Crippen LogP contribution in [0.2, 0.25) is 5.02 Å². The van der Waals surface area contributed by atoms with Crippen molar-refractivity contribution in [3.63, 3.8) is 0 Å². The molecule has 2 rings (SSSR count). The van der Waals surface area contributed by atoms with Gasteiger partial charge < -0.3 is 24.6 Å². The van der Waals surface area contributed by atoms with Crippen molar-refractivity contribution in [1.29, 1.82) is 0 Å². The highest BCUT2D eigenvalue weighted by Crippen LogP contribution is 2.30. The minimum Gasteiger partial charge on any atom is -0.478 e. The highest BCUT2D eigenvalue weighted by molar-refractivity contribution is 6.30. The molecular formula is C17H22ClNO6. The van der Waals surface area contributed by atoms with Crippen LogP contribution in [0.4, 0.5) is 0 Å². The smallest absolute Gasteiger partial charge is 0.328 e. The van der Waals surface area contributed by atoms with Gasteiger partial charge in [0.2, 0.25) is 0 Å². The lowest BCUT2D eigenvalue weighted by molar-refractivity contribution is -0.139. The van der Waals surface area contributed by atoms with E-state index in [-0.39, 0.29) is 6.04 Å². The lowest BCUT2D eigenvalue weighted by Gasteiger charge is -2.34. The Balaban J connectivity index is 0.000000333. The van der Waals surface area contributed by atoms with E-state index in [4.69, 9.17) is 31.3 Å². The van der Waals surface area contributed by atoms with Crippen LogP contribution in [0.3, 0.4) is 0 Å². The molecule has 7 nitrogen and oxygen atoms in total. The van der Waals surface area contributed by atoms with Crippen LogP contribution in [0.5, 0.6) is 0 Å². The Morgan fingerprint density at radius 3 is 2.20 bits per heavy atom. The van der Waals surface area contributed by atoms with Crippen molar-refractivity contribution in [2.24, 2.45) is 5.92 Å². The van der Waals surface area contributed by atoms with Gasteiger partial charge in [0.15, 0.2) is 0 Å². The number of halogens is 1. The Morgan fingerprint density at radius 1 is 1.20 bits per heavy atom. The number of carboxylic acid groups (broad SMARTS) is 2. The van der Waals surface area contributed by atoms with Crippen LogP contribution < -0.4 is 0 Å². The summed E-state index contributed by atoms with van der Waals surface area (Å²) >= 11 is 6.05. The van der Waals surface area contributed by atoms with E-state index in [1.54, 1.807) is 0 Å². The maximum Gasteiger partial charge on any atom is 0.328 e. The van der Waals surface area contributed by atoms with E-state index in [9.17, 15) is 9.59 Å². The molecule has 0 saturated carbocycles. The molecule has 1 saturated heterocycles. The molecule has 0 amide bonds. The van der Waals surface area contributed by atoms with Gasteiger partial charge in [0.1, 0.15) is 6.79 Å². The molecular weight excluding hydrogens is 350 g/mol. The fourth-order valence-electron chi connectivity index (χ4n) is 2.51. The maximum atomic E-state index is 9.55. The Morgan fingerprint density at radius 2 is 1.76 bits per heavy atom. The summed E-state index contributed by atoms with van der Waals surface area (Å²) in [6.07, 6.45) is 1.12. The molecule has 1 atom stereocenters. The number of hydrogen-bond acceptors (Lipinski definition) is 5. The molecule has 0 bridgehead atoms. The van der Waals surface area contributed by atoms with E-state index in [2.05, 4.69) is 25.1 Å². The second kappa shape index (κ2) is 10.8. The first kappa shape index (κ1) is 21.1. The van der Waals surface area contributed by atoms with Crippen molar-refractivity contribution in [3.05, 3.63) is 47.0 Å². The first-order valence-electron chi connectivity index (χ1n) is 7.52. The number of ether oxygens (including phenoxy) is 2. The topological polar surface area (TPSA) is 96.3 Å². The lowest BCUT2D eigenvalue weighted by atomic mass is 9.93. The molecule has 2 N–H and O–H groups in total. The highest BCUT2D eigenvalue weighted by Gasteiger charge is 2.28. The monoisotopic (exact) mass is 371 g/mol. The van der Waals surface area contributed by atoms with E-state index in [1.807, 2.05) is 18.2 Å². The van der Waals surface area contributed by atoms with Crippen LogP contribution >= 0.6 is 11.6 Å². The molecule has 1 aromatic carbocycles. The number of carbonyl (C=O) groups is 2. The fraction of sp³-hybridized carbons (Fsp3) is 0.412. The molecule has 1 aromatic rings. The van der Waals surface area contributed by atoms with Crippen LogP contribution in [0, 0.1) is 5.92 Å². The van der Waals surface area contributed by atoms with Crippen molar-refractivity contribution in [3.8, 4) is 0 Å². The Labute approximate surface area is 151 Å². The van der Waals surface area contributed by atoms with Gasteiger partial charge in [-0.05, 0) is 31.8 Å². The second-order valence-electron chi connectivity index (χ2n) is 5.59. The van der Waals surface area contributed by atoms with E-state index < -0.39 is 11.9 Å². The number of nitrogens with zero attached hydrogens (tertiary/aromatic N) is 1. The van der Waals surface area contributed by atoms with E-state index in [0.717, 1.165) is 18.2 Å². The lowest BCUT2D eigenvalue weighted by Crippen LogP contribution is -2.36. The molecule has 25 heavy (non-hydrogen) atoms. The Bertz CT molecular complexity index is 583. The average molecular weight is 372 g/mol. The summed E-state index contributed by atoms with van der Waals surface area (Å²) in [5.74, 6) is -2.17. The van der Waals surface area contributed by atoms with Gasteiger partial charge in [-0.25, -0.2) is 9.59 Å². The first-order chi connectivity index (χ1) is 11.8. The van der Waals surface area contributed by atoms with Gasteiger partial charge in [0, 0.05) is 29.1 Å². The molecule has 1 heterocycles. The number of aliphatic carboxylic acids is 2. The highest BCUT2D eigenvalue weighted by atomic mass is 35.5. The summed E-state index contributed by atoms with van der Waals surface area (Å²) in [4.78, 5) is 21.3. The summed E-state index contributed by atoms with van der Waals surface area (Å²) in [7, 11) is 4.14. The van der Waals surface area contributed by atoms with Gasteiger partial charge in [-0.15, -0.1) is 0 Å². The van der Waals surface area contributed by atoms with Gasteiger partial charge in [-0.3, -0.25) is 0 Å². The Hall–Kier alpha value is -1.93. The fourth-order valence-corrected chi connectivity index (χ4v) is 2.71. The number of benzene rings is 1. The molecule has 1 aliphatic rings. The predicted octanol–water partition coefficient (Wildman–Crippen LogP) is 2.27. The second-order valence-corrected chi connectivity index (χ2v) is 6.03. The normalized spacial score (nSPS) is 16.3. The molecule has 0 aromatic heterocycles. The minimum atomic E-state index is -1.26. The molecule has 8 heteroatoms. The third-order valence-electron chi connectivity index (χ3n) is 3.39. The largest absolute Gasteiger partial charge is 0.478 e. The SMILES string of the molecule is CN(C)C(c1cccc(Cl)c1)C1COCOC1.O=C(O)/C=C\C(=O)O. The molecule has 1 unspecified atom stereocenters. The first-order valence-corrected chi connectivity index (χ1v) is 7.90. The number of rotatable bonds is 5. The standard InChI is InChI=1S/C13H18ClNO2.C4H4O4/c1-15(2)13(11-7-16-9-17-8-11)10-4-3-5-12(14)6-10;5-3(6)1-2-4(7)8/h3-6,11,13H,7-9H2,1-2H3;1-2H,(H,5,6)(H,7,8)/b;2-1-. The molecule has 1 aliphatic heterocycles. The molecule has 1 fully saturated rings. The van der Waals surface area contributed by atoms with Gasteiger partial charge >= 0.3 is 11.9 Å². The van der Waals surface area contributed by atoms with Crippen LogP contribution in [0.1, 0.15) is 11.6 Å². The zero-order chi connectivity index (χ0) is 18.8. The maximum absolute atomic E-state index is 9.55. The molecule has 0 aliphatic carbocycles. The van der Waals surface area contributed by atoms with Crippen molar-refractivity contribution in [2.75, 3.05) is 34.1 Å². The molecule has 0 radical (unpaired) electrons. The summed E-state index contributed by atoms with van der Waals surface area (Å²) in [5.41, 5.74) is 1.21. The summed E-state index contributed by atoms with van der Waals surface area (Å²) in [5, 5.41) is 16.4. The summed E-state index contributed by atoms with van der Waals surface area (Å²) in [6, 6.07) is 8.27. The third kappa shape index (κ3) is 8.13. The zero-order valence-electron chi connectivity index (χ0n) is 14.1. The molecule has 138 valence electrons. The van der Waals surface area contributed by atoms with Crippen molar-refractivity contribution in [2.45, 2.75) is 6.04 Å². The quantitative estimate of drug-likeness (QED) is 0.766. The van der Waals surface area contributed by atoms with E-state index in [1.165, 1.54) is 5.56 Å². The van der Waals surface area contributed by atoms with Gasteiger partial charge in [-0.2, -0.15) is 0 Å². The van der Waals surface area contributed by atoms with Crippen molar-refractivity contribution in [1.82, 2.24) is 4.90 Å². The average Bonchev–Trinajstić information content (AvgIpc) is 2.54. The van der Waals surface area contributed by atoms with Gasteiger partial charge in [0.05, 0.1) is 13.2 Å². The van der Waals surface area contributed by atoms with Crippen LogP contribution in [0.25, 0.3) is 0 Å². The summed E-state index contributed by atoms with van der Waals surface area (Å²) in [6.45, 7) is 1.87. The summed E-state index contributed by atoms with van der Waals surface area (Å²) < 4.78 is 10.8. The molecule has 0 spiro atoms. The van der Waals surface area contributed by atoms with Crippen LogP contribution in [0.15, 0.2) is 36.4 Å². The Kier molecular flexibility index (Phi) is 9.15. The van der Waals surface area contributed by atoms with Gasteiger partial charge in [0.25, 0.3) is 0 Å².